The molecule has 1 amide bonds. The van der Waals surface area contributed by atoms with Crippen LogP contribution in [0.2, 0.25) is 0 Å². The van der Waals surface area contributed by atoms with Gasteiger partial charge in [0.05, 0.1) is 0 Å². The van der Waals surface area contributed by atoms with Crippen molar-refractivity contribution < 1.29 is 9.53 Å². The van der Waals surface area contributed by atoms with Crippen molar-refractivity contribution in [3.63, 3.8) is 0 Å². The molecule has 1 aromatic heterocycles. The van der Waals surface area contributed by atoms with E-state index in [1.807, 2.05) is 0 Å². The van der Waals surface area contributed by atoms with Crippen molar-refractivity contribution >= 4 is 11.7 Å². The van der Waals surface area contributed by atoms with Crippen LogP contribution in [0.15, 0.2) is 6.07 Å². The van der Waals surface area contributed by atoms with Crippen LogP contribution in [0.5, 0.6) is 0 Å². The summed E-state index contributed by atoms with van der Waals surface area (Å²) in [6.07, 6.45) is 2.01. The number of nitrogen functional groups attached to an aromatic ring is 1. The van der Waals surface area contributed by atoms with Gasteiger partial charge in [0.2, 0.25) is 0 Å². The average Bonchev–Trinajstić information content (AvgIpc) is 2.74. The molecule has 6 heteroatoms. The molecule has 6 nitrogen and oxygen atoms in total. The first-order valence-corrected chi connectivity index (χ1v) is 5.42. The number of nitrogens with one attached hydrogen (secondary N) is 2. The van der Waals surface area contributed by atoms with Crippen LogP contribution in [0.3, 0.4) is 0 Å². The number of aromatic nitrogens is 2. The second kappa shape index (κ2) is 4.98. The quantitative estimate of drug-likeness (QED) is 0.681. The van der Waals surface area contributed by atoms with E-state index < -0.39 is 0 Å². The molecule has 1 aliphatic heterocycles. The predicted molar refractivity (Wildman–Crippen MR) is 58.9 cm³/mol. The fourth-order valence-electron chi connectivity index (χ4n) is 1.74. The van der Waals surface area contributed by atoms with E-state index in [0.717, 1.165) is 26.1 Å². The van der Waals surface area contributed by atoms with E-state index in [9.17, 15) is 4.79 Å². The van der Waals surface area contributed by atoms with Gasteiger partial charge in [-0.1, -0.05) is 0 Å². The summed E-state index contributed by atoms with van der Waals surface area (Å²) in [7, 11) is 0. The Morgan fingerprint density at radius 3 is 3.00 bits per heavy atom. The summed E-state index contributed by atoms with van der Waals surface area (Å²) in [6.45, 7) is 2.26. The number of rotatable bonds is 3. The highest BCUT2D eigenvalue weighted by Crippen LogP contribution is 2.13. The number of nitrogens with zero attached hydrogens (tertiary/aromatic N) is 1. The smallest absolute Gasteiger partial charge is 0.269 e. The van der Waals surface area contributed by atoms with Crippen LogP contribution in [0.4, 0.5) is 5.82 Å². The summed E-state index contributed by atoms with van der Waals surface area (Å²) in [4.78, 5) is 11.6. The molecule has 88 valence electrons. The van der Waals surface area contributed by atoms with Crippen LogP contribution >= 0.6 is 0 Å². The van der Waals surface area contributed by atoms with E-state index in [4.69, 9.17) is 10.5 Å². The zero-order chi connectivity index (χ0) is 11.4. The third-order valence-corrected chi connectivity index (χ3v) is 2.73. The minimum atomic E-state index is -0.157. The summed E-state index contributed by atoms with van der Waals surface area (Å²) < 4.78 is 5.25. The molecular formula is C10H16N4O2. The maximum atomic E-state index is 11.6. The Labute approximate surface area is 93.5 Å². The van der Waals surface area contributed by atoms with Crippen LogP contribution in [0.1, 0.15) is 23.3 Å². The van der Waals surface area contributed by atoms with Gasteiger partial charge in [0.1, 0.15) is 11.5 Å². The molecule has 16 heavy (non-hydrogen) atoms. The van der Waals surface area contributed by atoms with Crippen molar-refractivity contribution in [1.82, 2.24) is 15.5 Å². The molecule has 1 fully saturated rings. The lowest BCUT2D eigenvalue weighted by Crippen LogP contribution is -2.32. The van der Waals surface area contributed by atoms with Crippen molar-refractivity contribution in [3.05, 3.63) is 11.8 Å². The summed E-state index contributed by atoms with van der Waals surface area (Å²) in [6, 6.07) is 1.53. The maximum Gasteiger partial charge on any atom is 0.269 e. The largest absolute Gasteiger partial charge is 0.382 e. The fraction of sp³-hybridized carbons (Fsp3) is 0.600. The number of ether oxygens (including phenoxy) is 1. The summed E-state index contributed by atoms with van der Waals surface area (Å²) >= 11 is 0. The highest BCUT2D eigenvalue weighted by atomic mass is 16.5. The van der Waals surface area contributed by atoms with E-state index in [0.29, 0.717) is 24.0 Å². The first-order valence-electron chi connectivity index (χ1n) is 5.42. The summed E-state index contributed by atoms with van der Waals surface area (Å²) in [5.41, 5.74) is 5.82. The second-order valence-corrected chi connectivity index (χ2v) is 3.97. The number of H-pyrrole nitrogens is 1. The van der Waals surface area contributed by atoms with E-state index in [2.05, 4.69) is 15.5 Å². The van der Waals surface area contributed by atoms with Crippen LogP contribution in [0, 0.1) is 5.92 Å². The summed E-state index contributed by atoms with van der Waals surface area (Å²) in [5.74, 6) is 0.685. The van der Waals surface area contributed by atoms with Crippen molar-refractivity contribution in [2.45, 2.75) is 12.8 Å². The lowest BCUT2D eigenvalue weighted by Gasteiger charge is -2.21. The normalized spacial score (nSPS) is 17.2. The van der Waals surface area contributed by atoms with E-state index >= 15 is 0 Å². The number of hydrogen-bond donors (Lipinski definition) is 3. The van der Waals surface area contributed by atoms with Gasteiger partial charge < -0.3 is 15.8 Å². The molecule has 1 saturated heterocycles. The molecule has 0 bridgehead atoms. The van der Waals surface area contributed by atoms with E-state index in [1.165, 1.54) is 6.07 Å². The first-order chi connectivity index (χ1) is 7.75. The van der Waals surface area contributed by atoms with Crippen molar-refractivity contribution in [3.8, 4) is 0 Å². The van der Waals surface area contributed by atoms with E-state index in [-0.39, 0.29) is 5.91 Å². The minimum Gasteiger partial charge on any atom is -0.382 e. The van der Waals surface area contributed by atoms with Gasteiger partial charge in [-0.05, 0) is 18.8 Å². The number of carbonyl (C=O) groups is 1. The SMILES string of the molecule is Nc1cc(C(=O)NCC2CCOCC2)[nH]n1. The van der Waals surface area contributed by atoms with Crippen LogP contribution in [-0.2, 0) is 4.74 Å². The number of carbonyl (C=O) groups excluding carboxylic acids is 1. The van der Waals surface area contributed by atoms with Gasteiger partial charge >= 0.3 is 0 Å². The molecule has 0 radical (unpaired) electrons. The number of aromatic amines is 1. The average molecular weight is 224 g/mol. The molecule has 1 aliphatic rings. The van der Waals surface area contributed by atoms with Gasteiger partial charge in [0.15, 0.2) is 0 Å². The minimum absolute atomic E-state index is 0.157. The molecule has 0 atom stereocenters. The maximum absolute atomic E-state index is 11.6. The number of hydrogen-bond acceptors (Lipinski definition) is 4. The van der Waals surface area contributed by atoms with Crippen molar-refractivity contribution in [2.75, 3.05) is 25.5 Å². The van der Waals surface area contributed by atoms with Crippen LogP contribution < -0.4 is 11.1 Å². The Bertz CT molecular complexity index is 357. The first kappa shape index (κ1) is 10.9. The van der Waals surface area contributed by atoms with Crippen molar-refractivity contribution in [1.29, 1.82) is 0 Å². The Balaban J connectivity index is 1.79. The van der Waals surface area contributed by atoms with Gasteiger partial charge in [-0.25, -0.2) is 0 Å². The summed E-state index contributed by atoms with van der Waals surface area (Å²) in [5, 5.41) is 9.15. The van der Waals surface area contributed by atoms with Crippen LogP contribution in [0.25, 0.3) is 0 Å². The molecule has 0 spiro atoms. The Kier molecular flexibility index (Phi) is 3.40. The van der Waals surface area contributed by atoms with Gasteiger partial charge in [-0.3, -0.25) is 9.89 Å². The van der Waals surface area contributed by atoms with Crippen LogP contribution in [-0.4, -0.2) is 35.9 Å². The Morgan fingerprint density at radius 2 is 2.38 bits per heavy atom. The number of nitrogens with two attached hydrogens (primary N) is 1. The molecule has 0 unspecified atom stereocenters. The third kappa shape index (κ3) is 2.73. The van der Waals surface area contributed by atoms with Gasteiger partial charge in [-0.2, -0.15) is 5.10 Å². The fourth-order valence-corrected chi connectivity index (χ4v) is 1.74. The molecule has 4 N–H and O–H groups in total. The molecular weight excluding hydrogens is 208 g/mol. The third-order valence-electron chi connectivity index (χ3n) is 2.73. The molecule has 0 aliphatic carbocycles. The highest BCUT2D eigenvalue weighted by molar-refractivity contribution is 5.92. The monoisotopic (exact) mass is 224 g/mol. The zero-order valence-electron chi connectivity index (χ0n) is 9.03. The Morgan fingerprint density at radius 1 is 1.62 bits per heavy atom. The molecule has 2 rings (SSSR count). The predicted octanol–water partition coefficient (Wildman–Crippen LogP) is 0.148. The second-order valence-electron chi connectivity index (χ2n) is 3.97. The lowest BCUT2D eigenvalue weighted by molar-refractivity contribution is 0.0642. The molecule has 1 aromatic rings. The molecule has 0 saturated carbocycles. The van der Waals surface area contributed by atoms with Gasteiger partial charge in [0.25, 0.3) is 5.91 Å². The standard InChI is InChI=1S/C10H16N4O2/c11-9-5-8(13-14-9)10(15)12-6-7-1-3-16-4-2-7/h5,7H,1-4,6H2,(H,12,15)(H3,11,13,14). The number of anilines is 1. The Hall–Kier alpha value is -1.56. The highest BCUT2D eigenvalue weighted by Gasteiger charge is 2.15. The number of amides is 1. The molecule has 2 heterocycles. The zero-order valence-corrected chi connectivity index (χ0v) is 9.03. The van der Waals surface area contributed by atoms with Crippen molar-refractivity contribution in [2.24, 2.45) is 5.92 Å². The molecule has 0 aromatic carbocycles. The van der Waals surface area contributed by atoms with E-state index in [1.54, 1.807) is 0 Å². The van der Waals surface area contributed by atoms with Gasteiger partial charge in [-0.15, -0.1) is 0 Å². The lowest BCUT2D eigenvalue weighted by atomic mass is 10.0. The topological polar surface area (TPSA) is 93.0 Å². The van der Waals surface area contributed by atoms with Gasteiger partial charge in [0, 0.05) is 25.8 Å².